The molecule has 0 radical (unpaired) electrons. The summed E-state index contributed by atoms with van der Waals surface area (Å²) in [6.45, 7) is 0. The van der Waals surface area contributed by atoms with E-state index in [1.165, 1.54) is 0 Å². The molecule has 1 aromatic rings. The van der Waals surface area contributed by atoms with Crippen LogP contribution in [0.4, 0.5) is 0 Å². The van der Waals surface area contributed by atoms with Crippen molar-refractivity contribution in [1.82, 2.24) is 10.3 Å². The number of carbonyl (C=O) groups is 1. The van der Waals surface area contributed by atoms with Gasteiger partial charge in [-0.1, -0.05) is 0 Å². The van der Waals surface area contributed by atoms with Gasteiger partial charge in [0.1, 0.15) is 6.04 Å². The normalized spacial score (nSPS) is 27.7. The van der Waals surface area contributed by atoms with E-state index in [0.717, 1.165) is 12.1 Å². The summed E-state index contributed by atoms with van der Waals surface area (Å²) in [6, 6.07) is 3.69. The van der Waals surface area contributed by atoms with Crippen LogP contribution >= 0.6 is 0 Å². The average Bonchev–Trinajstić information content (AvgIpc) is 2.75. The smallest absolute Gasteiger partial charge is 0.320 e. The number of aromatic amines is 1. The Morgan fingerprint density at radius 3 is 2.92 bits per heavy atom. The van der Waals surface area contributed by atoms with Gasteiger partial charge in [-0.25, -0.2) is 0 Å². The molecule has 0 amide bonds. The molecule has 2 heterocycles. The van der Waals surface area contributed by atoms with Crippen LogP contribution < -0.4 is 5.32 Å². The van der Waals surface area contributed by atoms with Crippen LogP contribution in [0.3, 0.4) is 0 Å². The van der Waals surface area contributed by atoms with E-state index in [2.05, 4.69) is 10.3 Å². The third-order valence-corrected chi connectivity index (χ3v) is 2.44. The van der Waals surface area contributed by atoms with E-state index >= 15 is 0 Å². The predicted octanol–water partition coefficient (Wildman–Crippen LogP) is 0.892. The van der Waals surface area contributed by atoms with Crippen LogP contribution in [0.2, 0.25) is 0 Å². The summed E-state index contributed by atoms with van der Waals surface area (Å²) >= 11 is 0. The third-order valence-electron chi connectivity index (χ3n) is 2.44. The highest BCUT2D eigenvalue weighted by Crippen LogP contribution is 2.24. The molecule has 2 atom stereocenters. The van der Waals surface area contributed by atoms with Gasteiger partial charge < -0.3 is 10.1 Å². The largest absolute Gasteiger partial charge is 0.480 e. The van der Waals surface area contributed by atoms with E-state index < -0.39 is 5.97 Å². The summed E-state index contributed by atoms with van der Waals surface area (Å²) < 4.78 is 0. The van der Waals surface area contributed by atoms with Gasteiger partial charge >= 0.3 is 5.97 Å². The maximum Gasteiger partial charge on any atom is 0.320 e. The first-order chi connectivity index (χ1) is 6.27. The molecule has 4 nitrogen and oxygen atoms in total. The van der Waals surface area contributed by atoms with Crippen molar-refractivity contribution < 1.29 is 9.90 Å². The maximum absolute atomic E-state index is 10.6. The molecule has 13 heavy (non-hydrogen) atoms. The van der Waals surface area contributed by atoms with Gasteiger partial charge in [-0.15, -0.1) is 0 Å². The first-order valence-electron chi connectivity index (χ1n) is 4.39. The second-order valence-corrected chi connectivity index (χ2v) is 3.31. The minimum Gasteiger partial charge on any atom is -0.480 e. The number of nitrogens with one attached hydrogen (secondary N) is 2. The van der Waals surface area contributed by atoms with Crippen LogP contribution in [-0.2, 0) is 4.79 Å². The quantitative estimate of drug-likeness (QED) is 0.633. The number of aromatic nitrogens is 1. The number of carboxylic acids is 1. The molecule has 1 fully saturated rings. The lowest BCUT2D eigenvalue weighted by atomic mass is 10.1. The number of hydrogen-bond acceptors (Lipinski definition) is 2. The van der Waals surface area contributed by atoms with Crippen LogP contribution in [-0.4, -0.2) is 22.1 Å². The highest BCUT2D eigenvalue weighted by Gasteiger charge is 2.29. The Morgan fingerprint density at radius 2 is 2.38 bits per heavy atom. The molecule has 3 N–H and O–H groups in total. The monoisotopic (exact) mass is 180 g/mol. The topological polar surface area (TPSA) is 65.1 Å². The van der Waals surface area contributed by atoms with Crippen molar-refractivity contribution in [2.75, 3.05) is 0 Å². The minimum absolute atomic E-state index is 0.177. The molecular formula is C9H12N2O2. The first-order valence-corrected chi connectivity index (χ1v) is 4.39. The van der Waals surface area contributed by atoms with Crippen molar-refractivity contribution in [2.24, 2.45) is 0 Å². The zero-order valence-electron chi connectivity index (χ0n) is 7.16. The van der Waals surface area contributed by atoms with Gasteiger partial charge in [-0.05, 0) is 25.0 Å². The molecule has 2 rings (SSSR count). The average molecular weight is 180 g/mol. The van der Waals surface area contributed by atoms with Gasteiger partial charge in [0.2, 0.25) is 0 Å². The zero-order chi connectivity index (χ0) is 9.26. The van der Waals surface area contributed by atoms with E-state index in [1.54, 1.807) is 0 Å². The minimum atomic E-state index is -0.756. The van der Waals surface area contributed by atoms with E-state index in [-0.39, 0.29) is 12.1 Å². The van der Waals surface area contributed by atoms with E-state index in [4.69, 9.17) is 5.11 Å². The molecule has 70 valence electrons. The molecule has 0 spiro atoms. The van der Waals surface area contributed by atoms with Gasteiger partial charge in [-0.3, -0.25) is 10.1 Å². The Balaban J connectivity index is 2.03. The van der Waals surface area contributed by atoms with Crippen molar-refractivity contribution in [3.63, 3.8) is 0 Å². The van der Waals surface area contributed by atoms with Gasteiger partial charge in [0.25, 0.3) is 0 Å². The molecular weight excluding hydrogens is 168 g/mol. The number of H-pyrrole nitrogens is 1. The fourth-order valence-electron chi connectivity index (χ4n) is 1.74. The summed E-state index contributed by atoms with van der Waals surface area (Å²) in [5.74, 6) is -0.756. The molecule has 0 bridgehead atoms. The number of hydrogen-bond donors (Lipinski definition) is 3. The molecule has 1 saturated heterocycles. The second kappa shape index (κ2) is 3.22. The molecule has 2 unspecified atom stereocenters. The SMILES string of the molecule is O=C(O)C1CCC(c2ccc[nH]2)N1. The van der Waals surface area contributed by atoms with Crippen molar-refractivity contribution in [1.29, 1.82) is 0 Å². The van der Waals surface area contributed by atoms with Crippen LogP contribution in [0.5, 0.6) is 0 Å². The second-order valence-electron chi connectivity index (χ2n) is 3.31. The van der Waals surface area contributed by atoms with Gasteiger partial charge in [0, 0.05) is 17.9 Å². The highest BCUT2D eigenvalue weighted by atomic mass is 16.4. The van der Waals surface area contributed by atoms with Gasteiger partial charge in [0.05, 0.1) is 0 Å². The lowest BCUT2D eigenvalue weighted by Crippen LogP contribution is -2.31. The maximum atomic E-state index is 10.6. The Labute approximate surface area is 76.0 Å². The Hall–Kier alpha value is -1.29. The Kier molecular flexibility index (Phi) is 2.06. The van der Waals surface area contributed by atoms with Gasteiger partial charge in [-0.2, -0.15) is 0 Å². The van der Waals surface area contributed by atoms with Crippen LogP contribution in [0.25, 0.3) is 0 Å². The fraction of sp³-hybridized carbons (Fsp3) is 0.444. The molecule has 1 aromatic heterocycles. The Bertz CT molecular complexity index is 295. The van der Waals surface area contributed by atoms with E-state index in [1.807, 2.05) is 18.3 Å². The molecule has 4 heteroatoms. The van der Waals surface area contributed by atoms with Crippen molar-refractivity contribution >= 4 is 5.97 Å². The molecule has 0 aliphatic carbocycles. The predicted molar refractivity (Wildman–Crippen MR) is 47.3 cm³/mol. The van der Waals surface area contributed by atoms with Crippen molar-refractivity contribution in [2.45, 2.75) is 24.9 Å². The molecule has 1 aliphatic heterocycles. The summed E-state index contributed by atoms with van der Waals surface area (Å²) in [5, 5.41) is 11.8. The summed E-state index contributed by atoms with van der Waals surface area (Å²) in [5.41, 5.74) is 1.07. The summed E-state index contributed by atoms with van der Waals surface area (Å²) in [6.07, 6.45) is 3.45. The van der Waals surface area contributed by atoms with Crippen molar-refractivity contribution in [3.8, 4) is 0 Å². The highest BCUT2D eigenvalue weighted by molar-refractivity contribution is 5.73. The molecule has 1 aliphatic rings. The summed E-state index contributed by atoms with van der Waals surface area (Å²) in [7, 11) is 0. The number of aliphatic carboxylic acids is 1. The zero-order valence-corrected chi connectivity index (χ0v) is 7.16. The lowest BCUT2D eigenvalue weighted by molar-refractivity contribution is -0.139. The summed E-state index contributed by atoms with van der Waals surface area (Å²) in [4.78, 5) is 13.7. The number of carboxylic acid groups (broad SMARTS) is 1. The van der Waals surface area contributed by atoms with Crippen LogP contribution in [0.1, 0.15) is 24.6 Å². The van der Waals surface area contributed by atoms with Crippen molar-refractivity contribution in [3.05, 3.63) is 24.0 Å². The fourth-order valence-corrected chi connectivity index (χ4v) is 1.74. The number of rotatable bonds is 2. The molecule has 0 saturated carbocycles. The molecule has 0 aromatic carbocycles. The van der Waals surface area contributed by atoms with E-state index in [0.29, 0.717) is 6.42 Å². The van der Waals surface area contributed by atoms with Crippen LogP contribution in [0.15, 0.2) is 18.3 Å². The Morgan fingerprint density at radius 1 is 1.54 bits per heavy atom. The van der Waals surface area contributed by atoms with Gasteiger partial charge in [0.15, 0.2) is 0 Å². The lowest BCUT2D eigenvalue weighted by Gasteiger charge is -2.09. The van der Waals surface area contributed by atoms with Crippen LogP contribution in [0, 0.1) is 0 Å². The standard InChI is InChI=1S/C9H12N2O2/c12-9(13)8-4-3-7(11-8)6-2-1-5-10-6/h1-2,5,7-8,10-11H,3-4H2,(H,12,13). The first kappa shape index (κ1) is 8.31. The van der Waals surface area contributed by atoms with E-state index in [9.17, 15) is 4.79 Å². The third kappa shape index (κ3) is 1.58.